The zero-order chi connectivity index (χ0) is 24.2. The van der Waals surface area contributed by atoms with E-state index in [0.717, 1.165) is 11.5 Å². The number of methoxy groups -OCH3 is 2. The van der Waals surface area contributed by atoms with Crippen LogP contribution in [0.3, 0.4) is 0 Å². The maximum atomic E-state index is 4.89. The summed E-state index contributed by atoms with van der Waals surface area (Å²) >= 11 is 0. The third-order valence-electron chi connectivity index (χ3n) is 4.75. The molecule has 3 heteroatoms. The summed E-state index contributed by atoms with van der Waals surface area (Å²) in [7, 11) is 3.30. The van der Waals surface area contributed by atoms with Gasteiger partial charge in [0.05, 0.1) is 14.2 Å². The van der Waals surface area contributed by atoms with Crippen LogP contribution in [-0.2, 0) is 28.1 Å². The van der Waals surface area contributed by atoms with Gasteiger partial charge in [-0.25, -0.2) is 24.3 Å². The van der Waals surface area contributed by atoms with Crippen LogP contribution in [0.15, 0.2) is 97.1 Å². The molecule has 0 aliphatic heterocycles. The van der Waals surface area contributed by atoms with Crippen molar-refractivity contribution in [3.05, 3.63) is 120 Å². The Balaban J connectivity index is 0.000000423. The number of ether oxygens (including phenoxy) is 2. The van der Waals surface area contributed by atoms with Gasteiger partial charge < -0.3 is 9.47 Å². The second-order valence-electron chi connectivity index (χ2n) is 7.65. The van der Waals surface area contributed by atoms with E-state index in [1.54, 1.807) is 14.2 Å². The molecule has 178 valence electrons. The van der Waals surface area contributed by atoms with Gasteiger partial charge in [0.2, 0.25) is 0 Å². The largest absolute Gasteiger partial charge is 4.00 e. The van der Waals surface area contributed by atoms with Crippen molar-refractivity contribution >= 4 is 0 Å². The Bertz CT molecular complexity index is 844. The molecule has 0 saturated heterocycles. The Hall–Kier alpha value is -2.55. The Labute approximate surface area is 222 Å². The summed E-state index contributed by atoms with van der Waals surface area (Å²) in [4.78, 5) is 0. The molecule has 0 aliphatic rings. The van der Waals surface area contributed by atoms with Gasteiger partial charge in [0, 0.05) is 11.5 Å². The normalized spacial score (nSPS) is 9.12. The molecular weight excluding hydrogens is 452 g/mol. The van der Waals surface area contributed by atoms with Crippen molar-refractivity contribution in [2.24, 2.45) is 0 Å². The molecular formula is C31H38O2Ti. The van der Waals surface area contributed by atoms with Gasteiger partial charge in [0.1, 0.15) is 0 Å². The van der Waals surface area contributed by atoms with E-state index in [2.05, 4.69) is 81.4 Å². The first-order valence-electron chi connectivity index (χ1n) is 11.5. The van der Waals surface area contributed by atoms with Gasteiger partial charge in [0.15, 0.2) is 0 Å². The van der Waals surface area contributed by atoms with Crippen LogP contribution >= 0.6 is 0 Å². The quantitative estimate of drug-likeness (QED) is 0.200. The molecule has 0 unspecified atom stereocenters. The monoisotopic (exact) mass is 490 g/mol. The first-order chi connectivity index (χ1) is 16.1. The van der Waals surface area contributed by atoms with E-state index in [1.165, 1.54) is 30.4 Å². The molecule has 0 radical (unpaired) electrons. The molecule has 0 amide bonds. The SMILES string of the molecule is CC(C)[c-]1cccc1.CCCC[c-]1cccc1.COc1cc[c-]cc1.COc1cc[c-]cc1.[Ti+4]. The minimum atomic E-state index is 0. The number of benzene rings is 2. The van der Waals surface area contributed by atoms with Gasteiger partial charge in [-0.2, -0.15) is 71.8 Å². The third kappa shape index (κ3) is 15.3. The molecule has 4 rings (SSSR count). The van der Waals surface area contributed by atoms with Crippen molar-refractivity contribution in [1.82, 2.24) is 0 Å². The molecule has 0 aliphatic carbocycles. The molecule has 0 heterocycles. The molecule has 34 heavy (non-hydrogen) atoms. The number of hydrogen-bond donors (Lipinski definition) is 0. The van der Waals surface area contributed by atoms with Crippen molar-refractivity contribution in [2.75, 3.05) is 14.2 Å². The van der Waals surface area contributed by atoms with E-state index in [9.17, 15) is 0 Å². The minimum Gasteiger partial charge on any atom is -0.522 e. The van der Waals surface area contributed by atoms with Crippen LogP contribution in [-0.4, -0.2) is 14.2 Å². The average Bonchev–Trinajstić information content (AvgIpc) is 3.60. The molecule has 0 aromatic heterocycles. The van der Waals surface area contributed by atoms with Crippen LogP contribution in [0.1, 0.15) is 50.7 Å². The van der Waals surface area contributed by atoms with Crippen molar-refractivity contribution in [2.45, 2.75) is 46.0 Å². The number of unbranched alkanes of at least 4 members (excludes halogenated alkanes) is 1. The van der Waals surface area contributed by atoms with Crippen molar-refractivity contribution < 1.29 is 31.2 Å². The second kappa shape index (κ2) is 21.0. The maximum absolute atomic E-state index is 4.89. The minimum absolute atomic E-state index is 0. The summed E-state index contributed by atoms with van der Waals surface area (Å²) in [6, 6.07) is 37.5. The van der Waals surface area contributed by atoms with Gasteiger partial charge in [0.25, 0.3) is 0 Å². The summed E-state index contributed by atoms with van der Waals surface area (Å²) in [6.45, 7) is 6.63. The molecule has 0 atom stereocenters. The maximum Gasteiger partial charge on any atom is 4.00 e. The topological polar surface area (TPSA) is 18.5 Å². The Kier molecular flexibility index (Phi) is 19.4. The molecule has 2 nitrogen and oxygen atoms in total. The van der Waals surface area contributed by atoms with Crippen LogP contribution in [0.25, 0.3) is 0 Å². The fourth-order valence-corrected chi connectivity index (χ4v) is 2.75. The predicted octanol–water partition coefficient (Wildman–Crippen LogP) is 8.27. The van der Waals surface area contributed by atoms with Crippen LogP contribution in [0.5, 0.6) is 11.5 Å². The number of rotatable bonds is 6. The van der Waals surface area contributed by atoms with Gasteiger partial charge in [-0.3, -0.25) is 0 Å². The molecule has 4 aromatic rings. The summed E-state index contributed by atoms with van der Waals surface area (Å²) in [5.41, 5.74) is 2.92. The second-order valence-corrected chi connectivity index (χ2v) is 7.65. The summed E-state index contributed by atoms with van der Waals surface area (Å²) in [6.07, 6.45) is 3.87. The van der Waals surface area contributed by atoms with E-state index in [0.29, 0.717) is 5.92 Å². The fourth-order valence-electron chi connectivity index (χ4n) is 2.75. The Morgan fingerprint density at radius 1 is 0.735 bits per heavy atom. The van der Waals surface area contributed by atoms with Crippen molar-refractivity contribution in [1.29, 1.82) is 0 Å². The van der Waals surface area contributed by atoms with E-state index < -0.39 is 0 Å². The van der Waals surface area contributed by atoms with E-state index in [4.69, 9.17) is 9.47 Å². The summed E-state index contributed by atoms with van der Waals surface area (Å²) in [5.74, 6) is 2.44. The summed E-state index contributed by atoms with van der Waals surface area (Å²) in [5, 5.41) is 0. The smallest absolute Gasteiger partial charge is 0.522 e. The zero-order valence-corrected chi connectivity index (χ0v) is 22.8. The molecule has 0 fully saturated rings. The standard InChI is InChI=1S/C9H13.C8H11.2C7H7O.Ti/c1-2-3-6-9-7-4-5-8-9;1-7(2)8-5-3-4-6-8;2*1-8-7-5-3-2-4-6-7;/h4-5,7-8H,2-3,6H2,1H3;3-7H,1-2H3;2*3-6H,1H3;/q4*-1;+4. The fraction of sp³-hybridized carbons (Fsp3) is 0.290. The molecule has 0 N–H and O–H groups in total. The molecule has 4 aromatic carbocycles. The predicted molar refractivity (Wildman–Crippen MR) is 140 cm³/mol. The zero-order valence-electron chi connectivity index (χ0n) is 21.3. The van der Waals surface area contributed by atoms with Gasteiger partial charge in [-0.1, -0.05) is 46.0 Å². The van der Waals surface area contributed by atoms with E-state index in [1.807, 2.05) is 48.5 Å². The van der Waals surface area contributed by atoms with Crippen LogP contribution in [0, 0.1) is 12.1 Å². The van der Waals surface area contributed by atoms with Crippen LogP contribution in [0.4, 0.5) is 0 Å². The van der Waals surface area contributed by atoms with Crippen LogP contribution < -0.4 is 9.47 Å². The number of hydrogen-bond acceptors (Lipinski definition) is 2. The van der Waals surface area contributed by atoms with E-state index in [-0.39, 0.29) is 21.7 Å². The van der Waals surface area contributed by atoms with Gasteiger partial charge in [-0.05, 0) is 0 Å². The summed E-state index contributed by atoms with van der Waals surface area (Å²) < 4.78 is 9.79. The molecule has 0 spiro atoms. The third-order valence-corrected chi connectivity index (χ3v) is 4.75. The number of aryl methyl sites for hydroxylation is 1. The van der Waals surface area contributed by atoms with Crippen molar-refractivity contribution in [3.8, 4) is 11.5 Å². The van der Waals surface area contributed by atoms with Crippen molar-refractivity contribution in [3.63, 3.8) is 0 Å². The van der Waals surface area contributed by atoms with E-state index >= 15 is 0 Å². The Morgan fingerprint density at radius 3 is 1.44 bits per heavy atom. The Morgan fingerprint density at radius 2 is 1.15 bits per heavy atom. The average molecular weight is 491 g/mol. The van der Waals surface area contributed by atoms with Gasteiger partial charge in [-0.15, -0.1) is 24.3 Å². The van der Waals surface area contributed by atoms with Gasteiger partial charge >= 0.3 is 21.7 Å². The molecule has 0 saturated carbocycles. The van der Waals surface area contributed by atoms with Crippen LogP contribution in [0.2, 0.25) is 0 Å². The molecule has 0 bridgehead atoms. The first-order valence-corrected chi connectivity index (χ1v) is 11.5. The first kappa shape index (κ1) is 31.5.